The van der Waals surface area contributed by atoms with E-state index in [1.165, 1.54) is 89.1 Å². The van der Waals surface area contributed by atoms with E-state index in [2.05, 4.69) is 184 Å². The molecule has 6 aliphatic carbocycles. The van der Waals surface area contributed by atoms with E-state index in [1.54, 1.807) is 20.8 Å². The molecule has 0 saturated heterocycles. The van der Waals surface area contributed by atoms with Gasteiger partial charge in [-0.25, -0.2) is 19.2 Å². The van der Waals surface area contributed by atoms with Gasteiger partial charge < -0.3 is 70.3 Å². The molecule has 0 aromatic heterocycles. The normalized spacial score (nSPS) is 21.3. The SMILES string of the molecule is CC(C)CC1C2=C(CCN1C(=O)C1CC(CNC(=O)OC(C)(C)C)C1)c1ccccc1C2.CC(C)CC1C2=C(CCN1C(=O)CC1CCC(NC(=O)OC(C)(C)C)CC1)c1ccccc1C2.CC(C)CC1C2=C(CCN1C(=O)[C@@H](CCC(N)=O)NC(=O)OC(C)(C)C)c1ccccc1C2.CC(C)CC1C2=C(CCN1C(=O)[C@@H](CCOCc1ccccc1)NC(=O)OC(C)(C)C)c1ccccc1C2. The van der Waals surface area contributed by atoms with E-state index in [1.807, 2.05) is 102 Å². The van der Waals surface area contributed by atoms with Crippen molar-refractivity contribution in [2.75, 3.05) is 39.3 Å². The second-order valence-electron chi connectivity index (χ2n) is 45.3. The van der Waals surface area contributed by atoms with Gasteiger partial charge in [-0.3, -0.25) is 24.0 Å². The highest BCUT2D eigenvalue weighted by atomic mass is 16.6. The summed E-state index contributed by atoms with van der Waals surface area (Å²) in [5.74, 6) is 2.62. The summed E-state index contributed by atoms with van der Waals surface area (Å²) in [7, 11) is 0. The third kappa shape index (κ3) is 29.1. The minimum Gasteiger partial charge on any atom is -0.444 e. The molecule has 6 atom stereocenters. The summed E-state index contributed by atoms with van der Waals surface area (Å²) < 4.78 is 27.5. The van der Waals surface area contributed by atoms with Crippen molar-refractivity contribution in [1.82, 2.24) is 40.9 Å². The maximum atomic E-state index is 14.1. The molecule has 137 heavy (non-hydrogen) atoms. The second-order valence-corrected chi connectivity index (χ2v) is 45.3. The first-order valence-corrected chi connectivity index (χ1v) is 51.1. The molecule has 5 aromatic rings. The fourth-order valence-electron chi connectivity index (χ4n) is 21.8. The number of hydrogen-bond acceptors (Lipinski definition) is 14. The molecule has 9 amide bonds. The maximum Gasteiger partial charge on any atom is 0.408 e. The molecule has 23 nitrogen and oxygen atoms in total. The van der Waals surface area contributed by atoms with E-state index in [-0.39, 0.29) is 73.0 Å². The van der Waals surface area contributed by atoms with Crippen LogP contribution in [0.15, 0.2) is 150 Å². The lowest BCUT2D eigenvalue weighted by molar-refractivity contribution is -0.142. The number of primary amides is 1. The number of amides is 9. The Labute approximate surface area is 816 Å². The van der Waals surface area contributed by atoms with Crippen molar-refractivity contribution in [1.29, 1.82) is 0 Å². The number of fused-ring (bicyclic) bond motifs is 8. The van der Waals surface area contributed by atoms with Gasteiger partial charge in [-0.1, -0.05) is 183 Å². The van der Waals surface area contributed by atoms with E-state index >= 15 is 0 Å². The highest BCUT2D eigenvalue weighted by molar-refractivity contribution is 5.91. The molecule has 23 heteroatoms. The van der Waals surface area contributed by atoms with Crippen LogP contribution in [-0.2, 0) is 79.9 Å². The molecule has 4 unspecified atom stereocenters. The van der Waals surface area contributed by atoms with Crippen LogP contribution in [0.4, 0.5) is 19.2 Å². The molecular weight excluding hydrogens is 1720 g/mol. The van der Waals surface area contributed by atoms with Gasteiger partial charge in [0.25, 0.3) is 0 Å². The standard InChI is InChI=1S/C32H42N2O4.C29H42N2O3.C27H38N2O3.C26H37N3O4/c1-22(2)19-29-27-20-24-13-9-10-14-25(24)26(27)15-17-34(29)30(35)28(33-31(36)38-32(3,4)5)16-18-37-21-23-11-7-6-8-12-23;1-19(2)16-26-25-18-21-8-6-7-9-23(21)24(25)14-15-31(26)27(32)17-20-10-12-22(13-11-20)30-28(33)34-29(3,4)5;1-17(2)12-24-23-15-19-8-6-7-9-21(19)22(23)10-11-29(24)25(30)20-13-18(14-20)16-28-26(31)32-27(3,4)5;1-16(2)14-22-20-15-17-8-6-7-9-18(17)19(20)12-13-29(22)24(31)21(10-11-23(27)30)28-25(32)33-26(3,4)5/h6-14,22,28-29H,15-21H2,1-5H3,(H,33,36);6-9,19-20,22,26H,10-18H2,1-5H3,(H,30,33);6-9,17-18,20,24H,10-16H2,1-5H3,(H,28,31);6-9,16,21-22H,10-15H2,1-5H3,(H2,27,30)(H,28,32)/t28-,29?;;;21-,22?/m1..1/s1. The van der Waals surface area contributed by atoms with E-state index in [4.69, 9.17) is 29.4 Å². The van der Waals surface area contributed by atoms with E-state index in [0.717, 1.165) is 134 Å². The summed E-state index contributed by atoms with van der Waals surface area (Å²) in [6.07, 6.45) is 15.7. The van der Waals surface area contributed by atoms with Crippen LogP contribution in [0.5, 0.6) is 0 Å². The topological polar surface area (TPSA) is 287 Å². The van der Waals surface area contributed by atoms with Crippen molar-refractivity contribution < 1.29 is 66.8 Å². The number of alkyl carbamates (subject to hydrolysis) is 4. The Kier molecular flexibility index (Phi) is 35.7. The molecule has 6 N–H and O–H groups in total. The molecule has 0 bridgehead atoms. The lowest BCUT2D eigenvalue weighted by Gasteiger charge is -2.43. The summed E-state index contributed by atoms with van der Waals surface area (Å²) in [4.78, 5) is 124. The lowest BCUT2D eigenvalue weighted by Crippen LogP contribution is -2.55. The molecule has 5 aromatic carbocycles. The molecule has 15 rings (SSSR count). The molecule has 744 valence electrons. The Hall–Kier alpha value is -10.6. The molecule has 4 heterocycles. The summed E-state index contributed by atoms with van der Waals surface area (Å²) in [5, 5.41) is 11.4. The first-order chi connectivity index (χ1) is 64.8. The number of rotatable bonds is 26. The fraction of sp³-hybridized carbons (Fsp3) is 0.588. The van der Waals surface area contributed by atoms with Gasteiger partial charge in [-0.15, -0.1) is 0 Å². The average molecular weight is 1880 g/mol. The first kappa shape index (κ1) is 105. The van der Waals surface area contributed by atoms with Crippen LogP contribution in [0.3, 0.4) is 0 Å². The zero-order valence-electron chi connectivity index (χ0n) is 85.8. The number of hydrogen-bond donors (Lipinski definition) is 5. The number of ether oxygens (including phenoxy) is 5. The van der Waals surface area contributed by atoms with Gasteiger partial charge in [-0.2, -0.15) is 0 Å². The Balaban J connectivity index is 0.000000164. The molecule has 2 saturated carbocycles. The minimum absolute atomic E-state index is 0.00821. The Morgan fingerprint density at radius 1 is 0.401 bits per heavy atom. The van der Waals surface area contributed by atoms with Gasteiger partial charge in [0.05, 0.1) is 30.8 Å². The number of carbonyl (C=O) groups is 9. The second kappa shape index (κ2) is 46.5. The zero-order valence-corrected chi connectivity index (χ0v) is 85.8. The number of nitrogens with two attached hydrogens (primary N) is 1. The molecule has 0 spiro atoms. The van der Waals surface area contributed by atoms with Crippen LogP contribution in [0, 0.1) is 41.4 Å². The van der Waals surface area contributed by atoms with Crippen LogP contribution in [-0.4, -0.2) is 178 Å². The summed E-state index contributed by atoms with van der Waals surface area (Å²) >= 11 is 0. The van der Waals surface area contributed by atoms with Crippen LogP contribution >= 0.6 is 0 Å². The first-order valence-electron chi connectivity index (χ1n) is 51.1. The predicted molar refractivity (Wildman–Crippen MR) is 542 cm³/mol. The third-order valence-electron chi connectivity index (χ3n) is 27.8. The number of nitrogens with zero attached hydrogens (tertiary/aromatic N) is 4. The number of benzene rings is 5. The average Bonchev–Trinajstić information content (AvgIpc) is 1.63. The van der Waals surface area contributed by atoms with Crippen molar-refractivity contribution in [2.45, 2.75) is 351 Å². The van der Waals surface area contributed by atoms with Crippen LogP contribution in [0.1, 0.15) is 304 Å². The Bertz CT molecular complexity index is 5210. The van der Waals surface area contributed by atoms with Gasteiger partial charge in [0, 0.05) is 70.6 Å². The van der Waals surface area contributed by atoms with E-state index < -0.39 is 52.6 Å². The monoisotopic (exact) mass is 1880 g/mol. The van der Waals surface area contributed by atoms with Crippen LogP contribution in [0.25, 0.3) is 22.3 Å². The van der Waals surface area contributed by atoms with Crippen molar-refractivity contribution >= 4 is 76.2 Å². The highest BCUT2D eigenvalue weighted by Gasteiger charge is 2.47. The maximum absolute atomic E-state index is 14.1. The van der Waals surface area contributed by atoms with Gasteiger partial charge >= 0.3 is 24.4 Å². The van der Waals surface area contributed by atoms with Crippen molar-refractivity contribution in [2.24, 2.45) is 47.2 Å². The quantitative estimate of drug-likeness (QED) is 0.0254. The van der Waals surface area contributed by atoms with Crippen LogP contribution in [0.2, 0.25) is 0 Å². The molecule has 4 aliphatic heterocycles. The number of carbonyl (C=O) groups excluding carboxylic acids is 9. The summed E-state index contributed by atoms with van der Waals surface area (Å²) in [6.45, 7) is 44.0. The lowest BCUT2D eigenvalue weighted by atomic mass is 9.73. The largest absolute Gasteiger partial charge is 0.444 e. The zero-order chi connectivity index (χ0) is 99.1. The molecular formula is C114H159N9O14. The predicted octanol–water partition coefficient (Wildman–Crippen LogP) is 21.3. The van der Waals surface area contributed by atoms with Crippen molar-refractivity contribution in [3.05, 3.63) is 200 Å². The van der Waals surface area contributed by atoms with Gasteiger partial charge in [0.15, 0.2) is 0 Å². The molecule has 10 aliphatic rings. The third-order valence-corrected chi connectivity index (χ3v) is 27.8. The van der Waals surface area contributed by atoms with Gasteiger partial charge in [0.1, 0.15) is 34.5 Å². The van der Waals surface area contributed by atoms with Gasteiger partial charge in [-0.05, 0) is 335 Å². The summed E-state index contributed by atoms with van der Waals surface area (Å²) in [6, 6.07) is 43.5. The van der Waals surface area contributed by atoms with E-state index in [9.17, 15) is 43.2 Å². The molecule has 2 fully saturated rings. The van der Waals surface area contributed by atoms with Crippen molar-refractivity contribution in [3.63, 3.8) is 0 Å². The smallest absolute Gasteiger partial charge is 0.408 e. The minimum atomic E-state index is -0.868. The Morgan fingerprint density at radius 3 is 1.13 bits per heavy atom. The van der Waals surface area contributed by atoms with Crippen molar-refractivity contribution in [3.8, 4) is 0 Å². The fourth-order valence-corrected chi connectivity index (χ4v) is 21.8. The van der Waals surface area contributed by atoms with Gasteiger partial charge in [0.2, 0.25) is 29.5 Å². The Morgan fingerprint density at radius 2 is 0.745 bits per heavy atom. The highest BCUT2D eigenvalue weighted by Crippen LogP contribution is 2.49. The van der Waals surface area contributed by atoms with E-state index in [0.29, 0.717) is 93.0 Å². The number of nitrogens with one attached hydrogen (secondary N) is 4. The summed E-state index contributed by atoms with van der Waals surface area (Å²) in [5.41, 5.74) is 26.4. The molecule has 0 radical (unpaired) electrons. The van der Waals surface area contributed by atoms with Crippen LogP contribution < -0.4 is 27.0 Å².